The fourth-order valence-electron chi connectivity index (χ4n) is 3.62. The van der Waals surface area contributed by atoms with Crippen LogP contribution in [0.4, 0.5) is 4.79 Å². The van der Waals surface area contributed by atoms with Crippen molar-refractivity contribution in [1.82, 2.24) is 10.6 Å². The van der Waals surface area contributed by atoms with Gasteiger partial charge in [0.05, 0.1) is 19.8 Å². The predicted molar refractivity (Wildman–Crippen MR) is 128 cm³/mol. The van der Waals surface area contributed by atoms with Crippen molar-refractivity contribution in [3.05, 3.63) is 77.4 Å². The van der Waals surface area contributed by atoms with E-state index in [1.807, 2.05) is 36.4 Å². The van der Waals surface area contributed by atoms with E-state index in [1.54, 1.807) is 14.2 Å². The Morgan fingerprint density at radius 2 is 1.64 bits per heavy atom. The Morgan fingerprint density at radius 3 is 2.27 bits per heavy atom. The highest BCUT2D eigenvalue weighted by Crippen LogP contribution is 2.35. The SMILES string of the molecule is COc1cc(OCc2cccc(-c3ccccc3)c2C)cc(OC)c1CNCCNC(=O)O. The van der Waals surface area contributed by atoms with E-state index in [-0.39, 0.29) is 0 Å². The standard InChI is InChI=1S/C26H30N2O5/c1-18-20(10-7-11-22(18)19-8-5-4-6-9-19)17-33-21-14-24(31-2)23(25(15-21)32-3)16-27-12-13-28-26(29)30/h4-11,14-15,27-28H,12-13,16-17H2,1-3H3,(H,29,30). The first-order valence-electron chi connectivity index (χ1n) is 10.7. The molecule has 0 saturated heterocycles. The lowest BCUT2D eigenvalue weighted by Crippen LogP contribution is -2.30. The molecule has 0 aliphatic rings. The number of carboxylic acid groups (broad SMARTS) is 1. The molecule has 0 heterocycles. The zero-order valence-electron chi connectivity index (χ0n) is 19.2. The van der Waals surface area contributed by atoms with Crippen molar-refractivity contribution in [2.24, 2.45) is 0 Å². The van der Waals surface area contributed by atoms with E-state index < -0.39 is 6.09 Å². The van der Waals surface area contributed by atoms with Gasteiger partial charge < -0.3 is 30.0 Å². The summed E-state index contributed by atoms with van der Waals surface area (Å²) in [6, 6.07) is 20.2. The Hall–Kier alpha value is -3.71. The van der Waals surface area contributed by atoms with Crippen LogP contribution in [0.25, 0.3) is 11.1 Å². The number of rotatable bonds is 11. The molecule has 174 valence electrons. The van der Waals surface area contributed by atoms with Gasteiger partial charge in [-0.05, 0) is 29.2 Å². The van der Waals surface area contributed by atoms with Crippen LogP contribution in [0, 0.1) is 6.92 Å². The molecule has 0 aliphatic heterocycles. The molecule has 0 aliphatic carbocycles. The number of benzene rings is 3. The van der Waals surface area contributed by atoms with Gasteiger partial charge in [-0.1, -0.05) is 48.5 Å². The van der Waals surface area contributed by atoms with Crippen molar-refractivity contribution in [2.75, 3.05) is 27.3 Å². The van der Waals surface area contributed by atoms with E-state index in [4.69, 9.17) is 19.3 Å². The number of carbonyl (C=O) groups is 1. The fourth-order valence-corrected chi connectivity index (χ4v) is 3.62. The van der Waals surface area contributed by atoms with Crippen LogP contribution in [0.15, 0.2) is 60.7 Å². The third-order valence-electron chi connectivity index (χ3n) is 5.39. The minimum Gasteiger partial charge on any atom is -0.496 e. The molecule has 3 aromatic carbocycles. The maximum absolute atomic E-state index is 10.6. The highest BCUT2D eigenvalue weighted by molar-refractivity contribution is 5.68. The summed E-state index contributed by atoms with van der Waals surface area (Å²) in [7, 11) is 3.20. The Kier molecular flexibility index (Phi) is 8.55. The van der Waals surface area contributed by atoms with Gasteiger partial charge in [-0.25, -0.2) is 4.79 Å². The van der Waals surface area contributed by atoms with E-state index >= 15 is 0 Å². The van der Waals surface area contributed by atoms with E-state index in [9.17, 15) is 4.79 Å². The summed E-state index contributed by atoms with van der Waals surface area (Å²) in [6.45, 7) is 3.77. The van der Waals surface area contributed by atoms with Crippen LogP contribution in [-0.2, 0) is 13.2 Å². The van der Waals surface area contributed by atoms with Crippen molar-refractivity contribution < 1.29 is 24.1 Å². The molecule has 7 heteroatoms. The van der Waals surface area contributed by atoms with Crippen LogP contribution in [0.1, 0.15) is 16.7 Å². The highest BCUT2D eigenvalue weighted by Gasteiger charge is 2.14. The van der Waals surface area contributed by atoms with Gasteiger partial charge in [0.2, 0.25) is 0 Å². The molecule has 3 aromatic rings. The number of ether oxygens (including phenoxy) is 3. The van der Waals surface area contributed by atoms with Crippen molar-refractivity contribution in [3.63, 3.8) is 0 Å². The van der Waals surface area contributed by atoms with Crippen LogP contribution in [0.5, 0.6) is 17.2 Å². The van der Waals surface area contributed by atoms with Gasteiger partial charge in [0.15, 0.2) is 0 Å². The largest absolute Gasteiger partial charge is 0.496 e. The number of amides is 1. The monoisotopic (exact) mass is 450 g/mol. The van der Waals surface area contributed by atoms with Gasteiger partial charge >= 0.3 is 6.09 Å². The van der Waals surface area contributed by atoms with E-state index in [2.05, 4.69) is 41.8 Å². The van der Waals surface area contributed by atoms with Crippen LogP contribution in [-0.4, -0.2) is 38.5 Å². The lowest BCUT2D eigenvalue weighted by molar-refractivity contribution is 0.194. The van der Waals surface area contributed by atoms with Crippen LogP contribution < -0.4 is 24.8 Å². The van der Waals surface area contributed by atoms with Crippen molar-refractivity contribution in [3.8, 4) is 28.4 Å². The van der Waals surface area contributed by atoms with E-state index in [0.29, 0.717) is 43.5 Å². The average Bonchev–Trinajstić information content (AvgIpc) is 2.83. The molecule has 0 saturated carbocycles. The third kappa shape index (κ3) is 6.40. The second kappa shape index (κ2) is 11.8. The summed E-state index contributed by atoms with van der Waals surface area (Å²) in [4.78, 5) is 10.6. The zero-order valence-corrected chi connectivity index (χ0v) is 19.2. The Balaban J connectivity index is 1.72. The smallest absolute Gasteiger partial charge is 0.404 e. The van der Waals surface area contributed by atoms with Crippen molar-refractivity contribution in [1.29, 1.82) is 0 Å². The number of hydrogen-bond donors (Lipinski definition) is 3. The number of nitrogens with one attached hydrogen (secondary N) is 2. The summed E-state index contributed by atoms with van der Waals surface area (Å²) in [5, 5.41) is 14.2. The van der Waals surface area contributed by atoms with E-state index in [1.165, 1.54) is 16.7 Å². The molecule has 33 heavy (non-hydrogen) atoms. The first kappa shape index (κ1) is 23.9. The van der Waals surface area contributed by atoms with Gasteiger partial charge in [0, 0.05) is 31.8 Å². The van der Waals surface area contributed by atoms with E-state index in [0.717, 1.165) is 11.1 Å². The molecular formula is C26H30N2O5. The molecule has 0 spiro atoms. The van der Waals surface area contributed by atoms with Crippen LogP contribution >= 0.6 is 0 Å². The Labute approximate surface area is 194 Å². The molecule has 7 nitrogen and oxygen atoms in total. The predicted octanol–water partition coefficient (Wildman–Crippen LogP) is 4.62. The summed E-state index contributed by atoms with van der Waals surface area (Å²) in [5.41, 5.74) is 5.48. The number of hydrogen-bond acceptors (Lipinski definition) is 5. The second-order valence-electron chi connectivity index (χ2n) is 7.46. The maximum atomic E-state index is 10.6. The molecular weight excluding hydrogens is 420 g/mol. The van der Waals surface area contributed by atoms with Crippen molar-refractivity contribution >= 4 is 6.09 Å². The Morgan fingerprint density at radius 1 is 0.939 bits per heavy atom. The van der Waals surface area contributed by atoms with Gasteiger partial charge in [0.1, 0.15) is 23.9 Å². The van der Waals surface area contributed by atoms with Crippen molar-refractivity contribution in [2.45, 2.75) is 20.1 Å². The van der Waals surface area contributed by atoms with Gasteiger partial charge in [-0.2, -0.15) is 0 Å². The normalized spacial score (nSPS) is 10.5. The van der Waals surface area contributed by atoms with Crippen LogP contribution in [0.2, 0.25) is 0 Å². The molecule has 1 amide bonds. The molecule has 0 unspecified atom stereocenters. The molecule has 0 radical (unpaired) electrons. The second-order valence-corrected chi connectivity index (χ2v) is 7.46. The van der Waals surface area contributed by atoms with Gasteiger partial charge in [0.25, 0.3) is 0 Å². The van der Waals surface area contributed by atoms with Crippen LogP contribution in [0.3, 0.4) is 0 Å². The molecule has 0 atom stereocenters. The quantitative estimate of drug-likeness (QED) is 0.370. The van der Waals surface area contributed by atoms with Gasteiger partial charge in [-0.3, -0.25) is 0 Å². The zero-order chi connectivity index (χ0) is 23.6. The minimum atomic E-state index is -1.04. The minimum absolute atomic E-state index is 0.308. The van der Waals surface area contributed by atoms with Gasteiger partial charge in [-0.15, -0.1) is 0 Å². The lowest BCUT2D eigenvalue weighted by Gasteiger charge is -2.17. The molecule has 3 N–H and O–H groups in total. The topological polar surface area (TPSA) is 89.0 Å². The first-order valence-corrected chi connectivity index (χ1v) is 10.7. The summed E-state index contributed by atoms with van der Waals surface area (Å²) >= 11 is 0. The lowest BCUT2D eigenvalue weighted by atomic mass is 9.97. The average molecular weight is 451 g/mol. The summed E-state index contributed by atoms with van der Waals surface area (Å²) in [6.07, 6.45) is -1.04. The third-order valence-corrected chi connectivity index (χ3v) is 5.39. The highest BCUT2D eigenvalue weighted by atomic mass is 16.5. The molecule has 3 rings (SSSR count). The Bertz CT molecular complexity index is 1040. The summed E-state index contributed by atoms with van der Waals surface area (Å²) in [5.74, 6) is 1.92. The molecule has 0 fully saturated rings. The number of methoxy groups -OCH3 is 2. The molecule has 0 bridgehead atoms. The molecule has 0 aromatic heterocycles. The maximum Gasteiger partial charge on any atom is 0.404 e. The fraction of sp³-hybridized carbons (Fsp3) is 0.269. The summed E-state index contributed by atoms with van der Waals surface area (Å²) < 4.78 is 17.3. The first-order chi connectivity index (χ1) is 16.0.